The zero-order valence-corrected chi connectivity index (χ0v) is 15.8. The topological polar surface area (TPSA) is 81.5 Å². The summed E-state index contributed by atoms with van der Waals surface area (Å²) in [4.78, 5) is 14.8. The van der Waals surface area contributed by atoms with Gasteiger partial charge in [0.25, 0.3) is 5.91 Å². The molecule has 1 aromatic carbocycles. The fraction of sp³-hybridized carbons (Fsp3) is 0.526. The van der Waals surface area contributed by atoms with Crippen LogP contribution in [0.1, 0.15) is 40.8 Å². The number of ether oxygens (including phenoxy) is 2. The van der Waals surface area contributed by atoms with E-state index in [4.69, 9.17) is 9.47 Å². The highest BCUT2D eigenvalue weighted by atomic mass is 16.5. The van der Waals surface area contributed by atoms with Crippen LogP contribution < -0.4 is 14.8 Å². The number of nitrogens with zero attached hydrogens (tertiary/aromatic N) is 4. The van der Waals surface area contributed by atoms with E-state index in [-0.39, 0.29) is 5.91 Å². The predicted octanol–water partition coefficient (Wildman–Crippen LogP) is 1.42. The molecule has 2 aromatic rings. The molecule has 1 fully saturated rings. The zero-order valence-electron chi connectivity index (χ0n) is 15.8. The molecule has 1 aromatic heterocycles. The van der Waals surface area contributed by atoms with Gasteiger partial charge in [-0.1, -0.05) is 0 Å². The summed E-state index contributed by atoms with van der Waals surface area (Å²) in [6.07, 6.45) is 1.80. The number of amides is 1. The predicted molar refractivity (Wildman–Crippen MR) is 99.2 cm³/mol. The normalized spacial score (nSPS) is 17.5. The Hall–Kier alpha value is -2.61. The second-order valence-electron chi connectivity index (χ2n) is 6.97. The number of nitrogens with one attached hydrogen (secondary N) is 1. The molecule has 1 amide bonds. The van der Waals surface area contributed by atoms with Crippen LogP contribution in [0.2, 0.25) is 0 Å². The molecule has 1 saturated heterocycles. The van der Waals surface area contributed by atoms with Crippen LogP contribution in [0.5, 0.6) is 11.5 Å². The molecule has 3 heterocycles. The van der Waals surface area contributed by atoms with E-state index >= 15 is 0 Å². The minimum atomic E-state index is 0.0122. The van der Waals surface area contributed by atoms with Crippen molar-refractivity contribution >= 4 is 5.91 Å². The van der Waals surface area contributed by atoms with Gasteiger partial charge in [-0.25, -0.2) is 0 Å². The molecule has 1 N–H and O–H groups in total. The van der Waals surface area contributed by atoms with E-state index < -0.39 is 0 Å². The maximum absolute atomic E-state index is 12.9. The van der Waals surface area contributed by atoms with E-state index in [1.807, 2.05) is 4.90 Å². The van der Waals surface area contributed by atoms with Gasteiger partial charge in [0.05, 0.1) is 20.8 Å². The van der Waals surface area contributed by atoms with Gasteiger partial charge in [0.1, 0.15) is 23.1 Å². The summed E-state index contributed by atoms with van der Waals surface area (Å²) in [5.74, 6) is 3.69. The first-order valence-corrected chi connectivity index (χ1v) is 9.34. The number of piperidine rings is 1. The minimum Gasteiger partial charge on any atom is -0.497 e. The van der Waals surface area contributed by atoms with Gasteiger partial charge in [-0.3, -0.25) is 4.79 Å². The van der Waals surface area contributed by atoms with Gasteiger partial charge >= 0.3 is 0 Å². The number of benzene rings is 1. The SMILES string of the molecule is COc1cc(OC)cc(C(=O)N2CCC(c3nnc4n3CCNC4)CC2)c1. The van der Waals surface area contributed by atoms with Crippen molar-refractivity contribution in [1.82, 2.24) is 25.0 Å². The van der Waals surface area contributed by atoms with Crippen LogP contribution in [0, 0.1) is 0 Å². The van der Waals surface area contributed by atoms with E-state index in [0.29, 0.717) is 36.1 Å². The van der Waals surface area contributed by atoms with Crippen LogP contribution in [0.3, 0.4) is 0 Å². The summed E-state index contributed by atoms with van der Waals surface area (Å²) in [5, 5.41) is 12.1. The molecule has 0 saturated carbocycles. The highest BCUT2D eigenvalue weighted by molar-refractivity contribution is 5.95. The molecule has 4 rings (SSSR count). The summed E-state index contributed by atoms with van der Waals surface area (Å²) >= 11 is 0. The molecule has 27 heavy (non-hydrogen) atoms. The number of rotatable bonds is 4. The van der Waals surface area contributed by atoms with Crippen LogP contribution in [0.4, 0.5) is 0 Å². The lowest BCUT2D eigenvalue weighted by molar-refractivity contribution is 0.0709. The molecule has 0 spiro atoms. The number of hydrogen-bond donors (Lipinski definition) is 1. The molecular formula is C19H25N5O3. The standard InChI is InChI=1S/C19H25N5O3/c1-26-15-9-14(10-16(11-15)27-2)19(25)23-6-3-13(4-7-23)18-22-21-17-12-20-5-8-24(17)18/h9-11,13,20H,3-8,12H2,1-2H3. The molecule has 2 aliphatic rings. The van der Waals surface area contributed by atoms with E-state index in [9.17, 15) is 4.79 Å². The third-order valence-electron chi connectivity index (χ3n) is 5.40. The van der Waals surface area contributed by atoms with E-state index in [0.717, 1.165) is 44.1 Å². The molecule has 0 atom stereocenters. The van der Waals surface area contributed by atoms with Gasteiger partial charge in [-0.15, -0.1) is 10.2 Å². The van der Waals surface area contributed by atoms with E-state index in [1.54, 1.807) is 32.4 Å². The molecule has 2 aliphatic heterocycles. The highest BCUT2D eigenvalue weighted by Gasteiger charge is 2.29. The van der Waals surface area contributed by atoms with Crippen molar-refractivity contribution in [1.29, 1.82) is 0 Å². The average Bonchev–Trinajstić information content (AvgIpc) is 3.17. The second kappa shape index (κ2) is 7.56. The Bertz CT molecular complexity index is 804. The van der Waals surface area contributed by atoms with Crippen molar-refractivity contribution in [2.24, 2.45) is 0 Å². The monoisotopic (exact) mass is 371 g/mol. The number of hydrogen-bond acceptors (Lipinski definition) is 6. The molecule has 8 heteroatoms. The van der Waals surface area contributed by atoms with Crippen LogP contribution >= 0.6 is 0 Å². The van der Waals surface area contributed by atoms with Crippen molar-refractivity contribution in [3.8, 4) is 11.5 Å². The summed E-state index contributed by atoms with van der Waals surface area (Å²) < 4.78 is 12.8. The zero-order chi connectivity index (χ0) is 18.8. The lowest BCUT2D eigenvalue weighted by Crippen LogP contribution is -2.39. The Kier molecular flexibility index (Phi) is 4.98. The lowest BCUT2D eigenvalue weighted by atomic mass is 9.95. The molecule has 0 aliphatic carbocycles. The Labute approximate surface area is 158 Å². The minimum absolute atomic E-state index is 0.0122. The van der Waals surface area contributed by atoms with Crippen molar-refractivity contribution in [2.45, 2.75) is 31.8 Å². The van der Waals surface area contributed by atoms with Crippen LogP contribution in [-0.2, 0) is 13.1 Å². The third-order valence-corrected chi connectivity index (χ3v) is 5.40. The second-order valence-corrected chi connectivity index (χ2v) is 6.97. The summed E-state index contributed by atoms with van der Waals surface area (Å²) in [6, 6.07) is 5.30. The molecule has 144 valence electrons. The number of fused-ring (bicyclic) bond motifs is 1. The van der Waals surface area contributed by atoms with Gasteiger partial charge in [0, 0.05) is 43.7 Å². The molecule has 0 bridgehead atoms. The fourth-order valence-electron chi connectivity index (χ4n) is 3.87. The largest absolute Gasteiger partial charge is 0.497 e. The van der Waals surface area contributed by atoms with E-state index in [1.165, 1.54) is 0 Å². The van der Waals surface area contributed by atoms with Gasteiger partial charge in [0.2, 0.25) is 0 Å². The summed E-state index contributed by atoms with van der Waals surface area (Å²) in [5.41, 5.74) is 0.593. The van der Waals surface area contributed by atoms with Crippen LogP contribution in [-0.4, -0.2) is 59.4 Å². The Morgan fingerprint density at radius 1 is 1.07 bits per heavy atom. The molecule has 0 radical (unpaired) electrons. The first kappa shape index (κ1) is 17.8. The number of carbonyl (C=O) groups excluding carboxylic acids is 1. The first-order valence-electron chi connectivity index (χ1n) is 9.34. The number of methoxy groups -OCH3 is 2. The number of carbonyl (C=O) groups is 1. The van der Waals surface area contributed by atoms with Gasteiger partial charge in [0.15, 0.2) is 0 Å². The van der Waals surface area contributed by atoms with Crippen LogP contribution in [0.25, 0.3) is 0 Å². The van der Waals surface area contributed by atoms with Crippen molar-refractivity contribution in [3.63, 3.8) is 0 Å². The summed E-state index contributed by atoms with van der Waals surface area (Å²) in [7, 11) is 3.17. The molecule has 8 nitrogen and oxygen atoms in total. The first-order chi connectivity index (χ1) is 13.2. The van der Waals surface area contributed by atoms with Gasteiger partial charge < -0.3 is 24.3 Å². The fourth-order valence-corrected chi connectivity index (χ4v) is 3.87. The molecule has 0 unspecified atom stereocenters. The van der Waals surface area contributed by atoms with E-state index in [2.05, 4.69) is 20.1 Å². The maximum Gasteiger partial charge on any atom is 0.254 e. The highest BCUT2D eigenvalue weighted by Crippen LogP contribution is 2.30. The van der Waals surface area contributed by atoms with Gasteiger partial charge in [-0.2, -0.15) is 0 Å². The Balaban J connectivity index is 1.45. The van der Waals surface area contributed by atoms with Crippen LogP contribution in [0.15, 0.2) is 18.2 Å². The maximum atomic E-state index is 12.9. The Morgan fingerprint density at radius 3 is 2.44 bits per heavy atom. The third kappa shape index (κ3) is 3.49. The lowest BCUT2D eigenvalue weighted by Gasteiger charge is -2.32. The number of aromatic nitrogens is 3. The van der Waals surface area contributed by atoms with Gasteiger partial charge in [-0.05, 0) is 25.0 Å². The quantitative estimate of drug-likeness (QED) is 0.875. The van der Waals surface area contributed by atoms with Crippen molar-refractivity contribution in [2.75, 3.05) is 33.9 Å². The molecular weight excluding hydrogens is 346 g/mol. The summed E-state index contributed by atoms with van der Waals surface area (Å²) in [6.45, 7) is 4.07. The Morgan fingerprint density at radius 2 is 1.78 bits per heavy atom. The van der Waals surface area contributed by atoms with Crippen molar-refractivity contribution < 1.29 is 14.3 Å². The average molecular weight is 371 g/mol. The smallest absolute Gasteiger partial charge is 0.254 e. The van der Waals surface area contributed by atoms with Crippen molar-refractivity contribution in [3.05, 3.63) is 35.4 Å². The number of likely N-dealkylation sites (tertiary alicyclic amines) is 1.